The van der Waals surface area contributed by atoms with Gasteiger partial charge in [0, 0.05) is 36.7 Å². The highest BCUT2D eigenvalue weighted by Gasteiger charge is 2.21. The van der Waals surface area contributed by atoms with Crippen LogP contribution >= 0.6 is 0 Å². The minimum atomic E-state index is -3.38. The molecule has 0 radical (unpaired) electrons. The van der Waals surface area contributed by atoms with E-state index in [0.717, 1.165) is 24.1 Å². The summed E-state index contributed by atoms with van der Waals surface area (Å²) < 4.78 is 23.9. The molecule has 0 unspecified atom stereocenters. The number of nitrogens with zero attached hydrogens (tertiary/aromatic N) is 2. The Balaban J connectivity index is 2.39. The molecular weight excluding hydrogens is 320 g/mol. The molecule has 0 atom stereocenters. The lowest BCUT2D eigenvalue weighted by atomic mass is 10.0. The van der Waals surface area contributed by atoms with Crippen molar-refractivity contribution < 1.29 is 8.42 Å². The van der Waals surface area contributed by atoms with E-state index in [9.17, 15) is 8.42 Å². The minimum absolute atomic E-state index is 0.101. The molecule has 0 aliphatic rings. The van der Waals surface area contributed by atoms with Crippen molar-refractivity contribution >= 4 is 14.9 Å². The second kappa shape index (κ2) is 7.26. The van der Waals surface area contributed by atoms with E-state index in [0.29, 0.717) is 11.3 Å². The lowest BCUT2D eigenvalue weighted by molar-refractivity contribution is 0.612. The SMILES string of the molecule is CCc1ccc(Cc2cc(C)c(C(=NC)S(C)(=O)=O)c(C)n2)cc1. The Hall–Kier alpha value is -2.01. The zero-order chi connectivity index (χ0) is 17.9. The van der Waals surface area contributed by atoms with E-state index in [1.807, 2.05) is 19.9 Å². The summed E-state index contributed by atoms with van der Waals surface area (Å²) in [6.07, 6.45) is 2.93. The third kappa shape index (κ3) is 4.09. The molecule has 1 aromatic heterocycles. The van der Waals surface area contributed by atoms with Crippen LogP contribution in [-0.4, -0.2) is 31.7 Å². The maximum atomic E-state index is 11.9. The molecule has 5 heteroatoms. The summed E-state index contributed by atoms with van der Waals surface area (Å²) in [6.45, 7) is 5.88. The van der Waals surface area contributed by atoms with Gasteiger partial charge in [0.05, 0.1) is 0 Å². The van der Waals surface area contributed by atoms with Gasteiger partial charge in [-0.2, -0.15) is 0 Å². The van der Waals surface area contributed by atoms with Crippen LogP contribution in [0.5, 0.6) is 0 Å². The summed E-state index contributed by atoms with van der Waals surface area (Å²) in [4.78, 5) is 8.58. The van der Waals surface area contributed by atoms with Crippen LogP contribution in [-0.2, 0) is 22.7 Å². The highest BCUT2D eigenvalue weighted by atomic mass is 32.2. The molecule has 0 bridgehead atoms. The van der Waals surface area contributed by atoms with Crippen molar-refractivity contribution in [1.82, 2.24) is 4.98 Å². The monoisotopic (exact) mass is 344 g/mol. The van der Waals surface area contributed by atoms with Gasteiger partial charge in [0.25, 0.3) is 0 Å². The highest BCUT2D eigenvalue weighted by Crippen LogP contribution is 2.19. The van der Waals surface area contributed by atoms with Gasteiger partial charge in [-0.05, 0) is 43.0 Å². The average Bonchev–Trinajstić information content (AvgIpc) is 2.50. The number of pyridine rings is 1. The standard InChI is InChI=1S/C19H24N2O2S/c1-6-15-7-9-16(10-8-15)12-17-11-13(2)18(14(3)21-17)19(20-4)24(5,22)23/h7-11H,6,12H2,1-5H3. The van der Waals surface area contributed by atoms with Crippen molar-refractivity contribution in [3.63, 3.8) is 0 Å². The molecule has 0 amide bonds. The highest BCUT2D eigenvalue weighted by molar-refractivity contribution is 8.06. The fourth-order valence-corrected chi connectivity index (χ4v) is 3.90. The molecule has 0 aliphatic heterocycles. The number of rotatable bonds is 4. The van der Waals surface area contributed by atoms with Gasteiger partial charge in [-0.3, -0.25) is 9.98 Å². The topological polar surface area (TPSA) is 59.4 Å². The van der Waals surface area contributed by atoms with Gasteiger partial charge in [0.1, 0.15) is 0 Å². The summed E-state index contributed by atoms with van der Waals surface area (Å²) in [5, 5.41) is 0.101. The van der Waals surface area contributed by atoms with Crippen molar-refractivity contribution in [2.45, 2.75) is 33.6 Å². The van der Waals surface area contributed by atoms with E-state index in [2.05, 4.69) is 41.2 Å². The summed E-state index contributed by atoms with van der Waals surface area (Å²) >= 11 is 0. The maximum absolute atomic E-state index is 11.9. The zero-order valence-electron chi connectivity index (χ0n) is 14.9. The molecule has 4 nitrogen and oxygen atoms in total. The molecule has 0 fully saturated rings. The lowest BCUT2D eigenvalue weighted by Crippen LogP contribution is -2.18. The normalized spacial score (nSPS) is 12.5. The molecule has 2 rings (SSSR count). The molecule has 0 spiro atoms. The number of benzene rings is 1. The van der Waals surface area contributed by atoms with Crippen molar-refractivity contribution in [2.24, 2.45) is 4.99 Å². The summed E-state index contributed by atoms with van der Waals surface area (Å²) in [6, 6.07) is 10.5. The third-order valence-electron chi connectivity index (χ3n) is 4.04. The Bertz CT molecular complexity index is 844. The molecule has 1 aromatic carbocycles. The number of aryl methyl sites for hydroxylation is 3. The second-order valence-electron chi connectivity index (χ2n) is 6.04. The smallest absolute Gasteiger partial charge is 0.192 e. The third-order valence-corrected chi connectivity index (χ3v) is 5.12. The molecule has 0 aliphatic carbocycles. The van der Waals surface area contributed by atoms with E-state index in [4.69, 9.17) is 0 Å². The van der Waals surface area contributed by atoms with Crippen LogP contribution in [0.4, 0.5) is 0 Å². The first-order valence-corrected chi connectivity index (χ1v) is 9.87. The van der Waals surface area contributed by atoms with Crippen molar-refractivity contribution in [3.8, 4) is 0 Å². The Labute approximate surface area is 144 Å². The number of sulfone groups is 1. The van der Waals surface area contributed by atoms with Crippen LogP contribution in [0.2, 0.25) is 0 Å². The van der Waals surface area contributed by atoms with Crippen LogP contribution in [0.25, 0.3) is 0 Å². The van der Waals surface area contributed by atoms with Gasteiger partial charge in [-0.25, -0.2) is 8.42 Å². The Kier molecular flexibility index (Phi) is 5.54. The second-order valence-corrected chi connectivity index (χ2v) is 7.97. The van der Waals surface area contributed by atoms with Crippen molar-refractivity contribution in [3.05, 3.63) is 64.0 Å². The van der Waals surface area contributed by atoms with Crippen molar-refractivity contribution in [2.75, 3.05) is 13.3 Å². The first-order chi connectivity index (χ1) is 11.3. The van der Waals surface area contributed by atoms with E-state index >= 15 is 0 Å². The predicted octanol–water partition coefficient (Wildman–Crippen LogP) is 3.27. The number of aliphatic imine (C=N–C) groups is 1. The first-order valence-electron chi connectivity index (χ1n) is 7.98. The molecule has 0 N–H and O–H groups in total. The Morgan fingerprint density at radius 2 is 1.71 bits per heavy atom. The van der Waals surface area contributed by atoms with Gasteiger partial charge in [-0.1, -0.05) is 31.2 Å². The van der Waals surface area contributed by atoms with Crippen LogP contribution in [0.3, 0.4) is 0 Å². The molecular formula is C19H24N2O2S. The van der Waals surface area contributed by atoms with Crippen molar-refractivity contribution in [1.29, 1.82) is 0 Å². The van der Waals surface area contributed by atoms with Gasteiger partial charge < -0.3 is 0 Å². The fourth-order valence-electron chi connectivity index (χ4n) is 2.89. The van der Waals surface area contributed by atoms with Gasteiger partial charge in [-0.15, -0.1) is 0 Å². The molecule has 0 saturated heterocycles. The predicted molar refractivity (Wildman–Crippen MR) is 99.6 cm³/mol. The fraction of sp³-hybridized carbons (Fsp3) is 0.368. The maximum Gasteiger partial charge on any atom is 0.192 e. The van der Waals surface area contributed by atoms with E-state index in [1.54, 1.807) is 0 Å². The molecule has 1 heterocycles. The lowest BCUT2D eigenvalue weighted by Gasteiger charge is -2.13. The van der Waals surface area contributed by atoms with Gasteiger partial charge in [0.2, 0.25) is 0 Å². The zero-order valence-corrected chi connectivity index (χ0v) is 15.7. The van der Waals surface area contributed by atoms with Crippen LogP contribution in [0, 0.1) is 13.8 Å². The Morgan fingerprint density at radius 1 is 1.12 bits per heavy atom. The average molecular weight is 344 g/mol. The minimum Gasteiger partial charge on any atom is -0.277 e. The summed E-state index contributed by atoms with van der Waals surface area (Å²) in [5.41, 5.74) is 5.63. The van der Waals surface area contributed by atoms with Gasteiger partial charge >= 0.3 is 0 Å². The summed E-state index contributed by atoms with van der Waals surface area (Å²) in [7, 11) is -1.88. The molecule has 2 aromatic rings. The van der Waals surface area contributed by atoms with E-state index < -0.39 is 9.84 Å². The van der Waals surface area contributed by atoms with E-state index in [1.165, 1.54) is 24.4 Å². The van der Waals surface area contributed by atoms with Crippen LogP contribution in [0.15, 0.2) is 35.3 Å². The number of hydrogen-bond donors (Lipinski definition) is 0. The van der Waals surface area contributed by atoms with Crippen LogP contribution in [0.1, 0.15) is 40.6 Å². The first kappa shape index (κ1) is 18.3. The summed E-state index contributed by atoms with van der Waals surface area (Å²) in [5.74, 6) is 0. The van der Waals surface area contributed by atoms with E-state index in [-0.39, 0.29) is 5.04 Å². The quantitative estimate of drug-likeness (QED) is 0.632. The number of hydrogen-bond acceptors (Lipinski definition) is 4. The van der Waals surface area contributed by atoms with Crippen LogP contribution < -0.4 is 0 Å². The molecule has 128 valence electrons. The Morgan fingerprint density at radius 3 is 2.17 bits per heavy atom. The van der Waals surface area contributed by atoms with Gasteiger partial charge in [0.15, 0.2) is 14.9 Å². The molecule has 0 saturated carbocycles. The molecule has 24 heavy (non-hydrogen) atoms. The largest absolute Gasteiger partial charge is 0.277 e. The number of aromatic nitrogens is 1.